The topological polar surface area (TPSA) is 121 Å². The van der Waals surface area contributed by atoms with E-state index in [1.54, 1.807) is 30.6 Å². The predicted octanol–water partition coefficient (Wildman–Crippen LogP) is 2.85. The number of nitrogens with one attached hydrogen (secondary N) is 1. The first-order valence-corrected chi connectivity index (χ1v) is 8.65. The van der Waals surface area contributed by atoms with Gasteiger partial charge in [0.1, 0.15) is 5.75 Å². The zero-order chi connectivity index (χ0) is 18.9. The fourth-order valence-corrected chi connectivity index (χ4v) is 2.73. The molecule has 26 heavy (non-hydrogen) atoms. The third kappa shape index (κ3) is 4.98. The second-order valence-electron chi connectivity index (χ2n) is 6.16. The Labute approximate surface area is 154 Å². The average Bonchev–Trinajstić information content (AvgIpc) is 2.69. The first-order chi connectivity index (χ1) is 12.5. The largest absolute Gasteiger partial charge is 0.507 e. The lowest BCUT2D eigenvalue weighted by Crippen LogP contribution is -2.21. The molecule has 1 saturated heterocycles. The summed E-state index contributed by atoms with van der Waals surface area (Å²) >= 11 is 0. The van der Waals surface area contributed by atoms with Crippen LogP contribution in [-0.2, 0) is 0 Å². The van der Waals surface area contributed by atoms with Gasteiger partial charge in [0.2, 0.25) is 0 Å². The van der Waals surface area contributed by atoms with Crippen LogP contribution in [0.15, 0.2) is 36.7 Å². The Bertz CT molecular complexity index is 808. The minimum absolute atomic E-state index is 0.0338. The van der Waals surface area contributed by atoms with Crippen molar-refractivity contribution in [2.75, 3.05) is 18.8 Å². The SMILES string of the molecule is C/C(=C(/N)c1ccc(C#N)cc1O)c1ccncc1N.C1CCNCC1. The van der Waals surface area contributed by atoms with Crippen molar-refractivity contribution in [3.05, 3.63) is 53.3 Å². The lowest BCUT2D eigenvalue weighted by Gasteiger charge is -2.11. The Balaban J connectivity index is 0.000000342. The van der Waals surface area contributed by atoms with Crippen molar-refractivity contribution >= 4 is 17.0 Å². The second kappa shape index (κ2) is 9.44. The van der Waals surface area contributed by atoms with Crippen LogP contribution in [0.4, 0.5) is 5.69 Å². The Morgan fingerprint density at radius 3 is 2.42 bits per heavy atom. The molecule has 6 heteroatoms. The normalized spacial score (nSPS) is 14.5. The van der Waals surface area contributed by atoms with E-state index in [1.165, 1.54) is 38.4 Å². The van der Waals surface area contributed by atoms with E-state index in [2.05, 4.69) is 10.3 Å². The van der Waals surface area contributed by atoms with Gasteiger partial charge in [-0.2, -0.15) is 5.26 Å². The number of aromatic hydroxyl groups is 1. The monoisotopic (exact) mass is 351 g/mol. The molecule has 136 valence electrons. The number of pyridine rings is 1. The predicted molar refractivity (Wildman–Crippen MR) is 105 cm³/mol. The second-order valence-corrected chi connectivity index (χ2v) is 6.16. The minimum Gasteiger partial charge on any atom is -0.507 e. The summed E-state index contributed by atoms with van der Waals surface area (Å²) in [6.07, 6.45) is 7.39. The van der Waals surface area contributed by atoms with Crippen molar-refractivity contribution in [1.29, 1.82) is 5.26 Å². The molecule has 0 unspecified atom stereocenters. The van der Waals surface area contributed by atoms with Gasteiger partial charge in [-0.05, 0) is 62.7 Å². The van der Waals surface area contributed by atoms with E-state index < -0.39 is 0 Å². The van der Waals surface area contributed by atoms with Crippen LogP contribution in [0.25, 0.3) is 11.3 Å². The van der Waals surface area contributed by atoms with Gasteiger partial charge in [0.15, 0.2) is 0 Å². The fourth-order valence-electron chi connectivity index (χ4n) is 2.73. The molecule has 0 bridgehead atoms. The van der Waals surface area contributed by atoms with Crippen molar-refractivity contribution in [2.45, 2.75) is 26.2 Å². The average molecular weight is 351 g/mol. The van der Waals surface area contributed by atoms with Gasteiger partial charge in [0, 0.05) is 23.0 Å². The van der Waals surface area contributed by atoms with E-state index in [4.69, 9.17) is 16.7 Å². The molecule has 0 radical (unpaired) electrons. The molecule has 1 aromatic carbocycles. The maximum Gasteiger partial charge on any atom is 0.126 e. The van der Waals surface area contributed by atoms with Crippen molar-refractivity contribution in [3.8, 4) is 11.8 Å². The van der Waals surface area contributed by atoms with Crippen LogP contribution >= 0.6 is 0 Å². The minimum atomic E-state index is -0.0338. The summed E-state index contributed by atoms with van der Waals surface area (Å²) < 4.78 is 0. The van der Waals surface area contributed by atoms with Gasteiger partial charge in [-0.25, -0.2) is 0 Å². The number of rotatable bonds is 2. The van der Waals surface area contributed by atoms with E-state index in [9.17, 15) is 5.11 Å². The van der Waals surface area contributed by atoms with E-state index in [-0.39, 0.29) is 5.75 Å². The number of phenols is 1. The molecule has 0 atom stereocenters. The number of allylic oxidation sites excluding steroid dienone is 1. The Kier molecular flexibility index (Phi) is 7.01. The Morgan fingerprint density at radius 2 is 1.92 bits per heavy atom. The number of piperidine rings is 1. The van der Waals surface area contributed by atoms with Crippen molar-refractivity contribution in [2.24, 2.45) is 5.73 Å². The van der Waals surface area contributed by atoms with Crippen LogP contribution in [0.2, 0.25) is 0 Å². The van der Waals surface area contributed by atoms with Gasteiger partial charge in [-0.1, -0.05) is 6.42 Å². The molecule has 1 aromatic heterocycles. The highest BCUT2D eigenvalue weighted by atomic mass is 16.3. The molecule has 1 fully saturated rings. The van der Waals surface area contributed by atoms with Crippen LogP contribution in [0, 0.1) is 11.3 Å². The van der Waals surface area contributed by atoms with E-state index in [1.807, 2.05) is 13.0 Å². The van der Waals surface area contributed by atoms with E-state index in [0.717, 1.165) is 11.1 Å². The van der Waals surface area contributed by atoms with E-state index in [0.29, 0.717) is 22.5 Å². The zero-order valence-corrected chi connectivity index (χ0v) is 15.0. The number of phenolic OH excluding ortho intramolecular Hbond substituents is 1. The smallest absolute Gasteiger partial charge is 0.126 e. The number of hydrogen-bond donors (Lipinski definition) is 4. The lowest BCUT2D eigenvalue weighted by molar-refractivity contribution is 0.473. The van der Waals surface area contributed by atoms with Gasteiger partial charge >= 0.3 is 0 Å². The standard InChI is InChI=1S/C15H14N4O.C5H11N/c1-9(11-4-5-19-8-13(11)17)15(18)12-3-2-10(7-16)6-14(12)20;1-2-4-6-5-3-1/h2-6,8,20H,17-18H2,1H3;6H,1-5H2/b15-9-;. The molecule has 2 heterocycles. The summed E-state index contributed by atoms with van der Waals surface area (Å²) in [5, 5.41) is 22.0. The molecule has 0 saturated carbocycles. The molecule has 6 N–H and O–H groups in total. The number of nitrogen functional groups attached to an aromatic ring is 1. The number of nitriles is 1. The zero-order valence-electron chi connectivity index (χ0n) is 15.0. The maximum atomic E-state index is 9.95. The molecular formula is C20H25N5O. The number of nitrogens with two attached hydrogens (primary N) is 2. The van der Waals surface area contributed by atoms with Gasteiger partial charge < -0.3 is 21.9 Å². The highest BCUT2D eigenvalue weighted by Crippen LogP contribution is 2.30. The fraction of sp³-hybridized carbons (Fsp3) is 0.300. The highest BCUT2D eigenvalue weighted by Gasteiger charge is 2.11. The maximum absolute atomic E-state index is 9.95. The molecule has 0 aliphatic carbocycles. The molecule has 0 amide bonds. The highest BCUT2D eigenvalue weighted by molar-refractivity contribution is 5.92. The van der Waals surface area contributed by atoms with Crippen molar-refractivity contribution in [3.63, 3.8) is 0 Å². The molecular weight excluding hydrogens is 326 g/mol. The number of benzene rings is 1. The van der Waals surface area contributed by atoms with Gasteiger partial charge in [-0.3, -0.25) is 4.98 Å². The number of anilines is 1. The van der Waals surface area contributed by atoms with Gasteiger partial charge in [-0.15, -0.1) is 0 Å². The van der Waals surface area contributed by atoms with Crippen molar-refractivity contribution < 1.29 is 5.11 Å². The third-order valence-electron chi connectivity index (χ3n) is 4.28. The Hall–Kier alpha value is -3.04. The van der Waals surface area contributed by atoms with Crippen molar-refractivity contribution in [1.82, 2.24) is 10.3 Å². The van der Waals surface area contributed by atoms with E-state index >= 15 is 0 Å². The quantitative estimate of drug-likeness (QED) is 0.660. The molecule has 2 aromatic rings. The number of aromatic nitrogens is 1. The van der Waals surface area contributed by atoms with Crippen LogP contribution in [0.3, 0.4) is 0 Å². The molecule has 1 aliphatic heterocycles. The summed E-state index contributed by atoms with van der Waals surface area (Å²) in [6, 6.07) is 8.32. The summed E-state index contributed by atoms with van der Waals surface area (Å²) in [5.74, 6) is -0.0338. The Morgan fingerprint density at radius 1 is 1.19 bits per heavy atom. The van der Waals surface area contributed by atoms with Gasteiger partial charge in [0.05, 0.1) is 23.5 Å². The van der Waals surface area contributed by atoms with Crippen LogP contribution in [0.1, 0.15) is 42.9 Å². The molecule has 6 nitrogen and oxygen atoms in total. The summed E-state index contributed by atoms with van der Waals surface area (Å²) in [5.41, 5.74) is 15.2. The van der Waals surface area contributed by atoms with Crippen LogP contribution < -0.4 is 16.8 Å². The number of hydrogen-bond acceptors (Lipinski definition) is 6. The third-order valence-corrected chi connectivity index (χ3v) is 4.28. The van der Waals surface area contributed by atoms with Crippen LogP contribution in [0.5, 0.6) is 5.75 Å². The molecule has 1 aliphatic rings. The first kappa shape index (κ1) is 19.3. The van der Waals surface area contributed by atoms with Crippen LogP contribution in [-0.4, -0.2) is 23.2 Å². The summed E-state index contributed by atoms with van der Waals surface area (Å²) in [7, 11) is 0. The first-order valence-electron chi connectivity index (χ1n) is 8.65. The number of nitrogens with zero attached hydrogens (tertiary/aromatic N) is 2. The molecule has 0 spiro atoms. The summed E-state index contributed by atoms with van der Waals surface area (Å²) in [6.45, 7) is 4.32. The van der Waals surface area contributed by atoms with Gasteiger partial charge in [0.25, 0.3) is 0 Å². The summed E-state index contributed by atoms with van der Waals surface area (Å²) in [4.78, 5) is 3.93. The lowest BCUT2D eigenvalue weighted by atomic mass is 9.99. The molecule has 3 rings (SSSR count).